The molecule has 0 atom stereocenters. The van der Waals surface area contributed by atoms with Crippen molar-refractivity contribution in [3.63, 3.8) is 0 Å². The highest BCUT2D eigenvalue weighted by Gasteiger charge is 2.25. The van der Waals surface area contributed by atoms with E-state index in [1.54, 1.807) is 24.3 Å². The Balaban J connectivity index is 1.85. The Hall–Kier alpha value is -3.61. The van der Waals surface area contributed by atoms with Crippen molar-refractivity contribution in [1.82, 2.24) is 0 Å². The molecular weight excluding hydrogens is 358 g/mol. The van der Waals surface area contributed by atoms with Crippen molar-refractivity contribution in [1.29, 1.82) is 0 Å². The van der Waals surface area contributed by atoms with Crippen LogP contribution in [0.2, 0.25) is 0 Å². The van der Waals surface area contributed by atoms with Gasteiger partial charge in [0.25, 0.3) is 5.91 Å². The van der Waals surface area contributed by atoms with Gasteiger partial charge in [0.15, 0.2) is 0 Å². The lowest BCUT2D eigenvalue weighted by atomic mass is 10.2. The molecule has 2 N–H and O–H groups in total. The van der Waals surface area contributed by atoms with Gasteiger partial charge in [-0.05, 0) is 30.7 Å². The van der Waals surface area contributed by atoms with Crippen LogP contribution in [0.4, 0.5) is 17.1 Å². The van der Waals surface area contributed by atoms with Crippen LogP contribution in [0.1, 0.15) is 12.0 Å². The number of para-hydroxylation sites is 3. The van der Waals surface area contributed by atoms with E-state index in [4.69, 9.17) is 0 Å². The van der Waals surface area contributed by atoms with Gasteiger partial charge in [0.2, 0.25) is 5.91 Å². The Bertz CT molecular complexity index is 952. The molecule has 0 spiro atoms. The molecule has 0 radical (unpaired) electrons. The summed E-state index contributed by atoms with van der Waals surface area (Å²) in [7, 11) is 1.29. The second kappa shape index (κ2) is 8.39. The third-order valence-corrected chi connectivity index (χ3v) is 4.34. The van der Waals surface area contributed by atoms with Gasteiger partial charge in [-0.1, -0.05) is 30.3 Å². The van der Waals surface area contributed by atoms with E-state index in [2.05, 4.69) is 15.4 Å². The second-order valence-electron chi connectivity index (χ2n) is 6.35. The van der Waals surface area contributed by atoms with Gasteiger partial charge in [0, 0.05) is 17.5 Å². The van der Waals surface area contributed by atoms with Gasteiger partial charge in [0.05, 0.1) is 24.9 Å². The number of nitrogens with zero attached hydrogens (tertiary/aromatic N) is 1. The van der Waals surface area contributed by atoms with Gasteiger partial charge in [-0.3, -0.25) is 19.3 Å². The maximum Gasteiger partial charge on any atom is 0.311 e. The van der Waals surface area contributed by atoms with Crippen LogP contribution in [0.5, 0.6) is 0 Å². The van der Waals surface area contributed by atoms with Gasteiger partial charge >= 0.3 is 5.97 Å². The topological polar surface area (TPSA) is 87.7 Å². The maximum absolute atomic E-state index is 12.8. The van der Waals surface area contributed by atoms with Gasteiger partial charge in [-0.15, -0.1) is 0 Å². The maximum atomic E-state index is 12.8. The summed E-state index contributed by atoms with van der Waals surface area (Å²) in [5, 5.41) is 5.92. The Labute approximate surface area is 163 Å². The second-order valence-corrected chi connectivity index (χ2v) is 6.35. The molecule has 0 saturated heterocycles. The van der Waals surface area contributed by atoms with Crippen molar-refractivity contribution in [2.75, 3.05) is 29.2 Å². The number of ether oxygens (including phenoxy) is 1. The van der Waals surface area contributed by atoms with E-state index in [1.165, 1.54) is 18.1 Å². The quantitative estimate of drug-likeness (QED) is 0.780. The van der Waals surface area contributed by atoms with Crippen LogP contribution in [-0.2, 0) is 19.1 Å². The average molecular weight is 379 g/mol. The van der Waals surface area contributed by atoms with Gasteiger partial charge in [-0.25, -0.2) is 0 Å². The lowest BCUT2D eigenvalue weighted by molar-refractivity contribution is -0.139. The van der Waals surface area contributed by atoms with E-state index in [0.717, 1.165) is 5.56 Å². The van der Waals surface area contributed by atoms with Gasteiger partial charge in [-0.2, -0.15) is 0 Å². The zero-order valence-corrected chi connectivity index (χ0v) is 15.7. The third kappa shape index (κ3) is 4.37. The molecule has 1 aliphatic rings. The first-order valence-corrected chi connectivity index (χ1v) is 8.78. The number of hydrogen-bond donors (Lipinski definition) is 2. The van der Waals surface area contributed by atoms with E-state index >= 15 is 0 Å². The van der Waals surface area contributed by atoms with Crippen LogP contribution in [0.3, 0.4) is 0 Å². The number of fused-ring (bicyclic) bond motifs is 1. The number of benzene rings is 2. The summed E-state index contributed by atoms with van der Waals surface area (Å²) in [5.41, 5.74) is 3.23. The molecule has 0 aliphatic carbocycles. The average Bonchev–Trinajstić information content (AvgIpc) is 2.80. The van der Waals surface area contributed by atoms with Crippen LogP contribution in [0.15, 0.2) is 60.3 Å². The molecule has 3 rings (SSSR count). The molecular formula is C21H21N3O4. The Morgan fingerprint density at radius 2 is 1.82 bits per heavy atom. The summed E-state index contributed by atoms with van der Waals surface area (Å²) in [5.74, 6) is -1.17. The molecule has 2 amide bonds. The van der Waals surface area contributed by atoms with E-state index in [1.807, 2.05) is 31.2 Å². The number of esters is 1. The number of rotatable bonds is 5. The summed E-state index contributed by atoms with van der Waals surface area (Å²) in [6, 6.07) is 14.5. The fourth-order valence-electron chi connectivity index (χ4n) is 2.90. The number of anilines is 3. The highest BCUT2D eigenvalue weighted by Crippen LogP contribution is 2.30. The zero-order chi connectivity index (χ0) is 20.1. The molecule has 0 fully saturated rings. The summed E-state index contributed by atoms with van der Waals surface area (Å²) >= 11 is 0. The van der Waals surface area contributed by atoms with Crippen molar-refractivity contribution < 1.29 is 19.1 Å². The van der Waals surface area contributed by atoms with Gasteiger partial charge < -0.3 is 15.4 Å². The zero-order valence-electron chi connectivity index (χ0n) is 15.7. The molecule has 144 valence electrons. The number of hydrogen-bond acceptors (Lipinski definition) is 5. The number of nitrogens with one attached hydrogen (secondary N) is 2. The smallest absolute Gasteiger partial charge is 0.311 e. The summed E-state index contributed by atoms with van der Waals surface area (Å²) in [6.45, 7) is 1.74. The largest absolute Gasteiger partial charge is 0.469 e. The van der Waals surface area contributed by atoms with E-state index in [-0.39, 0.29) is 18.9 Å². The predicted octanol–water partition coefficient (Wildman–Crippen LogP) is 2.84. The number of carbonyl (C=O) groups is 3. The molecule has 2 aromatic carbocycles. The third-order valence-electron chi connectivity index (χ3n) is 4.34. The Kier molecular flexibility index (Phi) is 5.74. The molecule has 0 saturated carbocycles. The van der Waals surface area contributed by atoms with Crippen molar-refractivity contribution in [3.8, 4) is 0 Å². The summed E-state index contributed by atoms with van der Waals surface area (Å²) in [4.78, 5) is 38.4. The van der Waals surface area contributed by atoms with Crippen LogP contribution in [0.25, 0.3) is 0 Å². The molecule has 7 nitrogen and oxygen atoms in total. The number of aryl methyl sites for hydroxylation is 1. The predicted molar refractivity (Wildman–Crippen MR) is 107 cm³/mol. The van der Waals surface area contributed by atoms with Crippen molar-refractivity contribution >= 4 is 34.8 Å². The van der Waals surface area contributed by atoms with E-state index in [0.29, 0.717) is 22.8 Å². The molecule has 2 aromatic rings. The highest BCUT2D eigenvalue weighted by atomic mass is 16.5. The van der Waals surface area contributed by atoms with E-state index < -0.39 is 11.9 Å². The van der Waals surface area contributed by atoms with Crippen LogP contribution in [-0.4, -0.2) is 31.4 Å². The minimum atomic E-state index is -0.463. The van der Waals surface area contributed by atoms with E-state index in [9.17, 15) is 14.4 Å². The lowest BCUT2D eigenvalue weighted by Gasteiger charge is -2.22. The molecule has 28 heavy (non-hydrogen) atoms. The molecule has 0 unspecified atom stereocenters. The number of carbonyl (C=O) groups excluding carboxylic acids is 3. The SMILES string of the molecule is COC(=O)CC1=CC(=O)N(CC(=O)Nc2ccccc2C)c2ccccc2N1. The van der Waals surface area contributed by atoms with Crippen LogP contribution >= 0.6 is 0 Å². The Morgan fingerprint density at radius 1 is 1.11 bits per heavy atom. The normalized spacial score (nSPS) is 13.0. The highest BCUT2D eigenvalue weighted by molar-refractivity contribution is 6.10. The molecule has 1 aliphatic heterocycles. The fourth-order valence-corrected chi connectivity index (χ4v) is 2.90. The van der Waals surface area contributed by atoms with Crippen molar-refractivity contribution in [3.05, 3.63) is 65.9 Å². The van der Waals surface area contributed by atoms with Gasteiger partial charge in [0.1, 0.15) is 6.54 Å². The molecule has 7 heteroatoms. The number of amides is 2. The lowest BCUT2D eigenvalue weighted by Crippen LogP contribution is -2.37. The first-order valence-electron chi connectivity index (χ1n) is 8.78. The Morgan fingerprint density at radius 3 is 2.57 bits per heavy atom. The summed E-state index contributed by atoms with van der Waals surface area (Å²) in [6.07, 6.45) is 1.25. The monoisotopic (exact) mass is 379 g/mol. The first-order chi connectivity index (χ1) is 13.5. The molecule has 0 aromatic heterocycles. The first kappa shape index (κ1) is 19.2. The fraction of sp³-hybridized carbons (Fsp3) is 0.190. The standard InChI is InChI=1S/C21H21N3O4/c1-14-7-3-4-8-16(14)23-19(25)13-24-18-10-6-5-9-17(18)22-15(11-20(24)26)12-21(27)28-2/h3-11,22H,12-13H2,1-2H3,(H,23,25). The van der Waals surface area contributed by atoms with Crippen LogP contribution in [0, 0.1) is 6.92 Å². The summed E-state index contributed by atoms with van der Waals surface area (Å²) < 4.78 is 4.68. The van der Waals surface area contributed by atoms with Crippen LogP contribution < -0.4 is 15.5 Å². The minimum absolute atomic E-state index is 0.0696. The molecule has 0 bridgehead atoms. The van der Waals surface area contributed by atoms with Crippen molar-refractivity contribution in [2.45, 2.75) is 13.3 Å². The molecule has 1 heterocycles. The number of methoxy groups -OCH3 is 1. The van der Waals surface area contributed by atoms with Crippen molar-refractivity contribution in [2.24, 2.45) is 0 Å². The minimum Gasteiger partial charge on any atom is -0.469 e.